The van der Waals surface area contributed by atoms with Gasteiger partial charge in [0.1, 0.15) is 12.0 Å². The van der Waals surface area contributed by atoms with Gasteiger partial charge in [0.25, 0.3) is 5.69 Å². The van der Waals surface area contributed by atoms with Crippen LogP contribution in [0.4, 0.5) is 11.4 Å². The summed E-state index contributed by atoms with van der Waals surface area (Å²) in [4.78, 5) is 21.4. The minimum absolute atomic E-state index is 0.0769. The molecular weight excluding hydrogens is 268 g/mol. The Bertz CT molecular complexity index is 683. The lowest BCUT2D eigenvalue weighted by molar-refractivity contribution is -0.384. The van der Waals surface area contributed by atoms with E-state index < -0.39 is 4.92 Å². The molecule has 0 radical (unpaired) electrons. The summed E-state index contributed by atoms with van der Waals surface area (Å²) < 4.78 is 0. The Kier molecular flexibility index (Phi) is 4.33. The summed E-state index contributed by atoms with van der Waals surface area (Å²) in [5, 5.41) is 14.3. The van der Waals surface area contributed by atoms with Crippen molar-refractivity contribution in [2.45, 2.75) is 19.9 Å². The molecule has 1 unspecified atom stereocenters. The number of nitrogens with one attached hydrogen (secondary N) is 1. The van der Waals surface area contributed by atoms with Gasteiger partial charge in [0.15, 0.2) is 0 Å². The number of carbonyl (C=O) groups is 1. The monoisotopic (exact) mass is 284 g/mol. The Morgan fingerprint density at radius 2 is 1.95 bits per heavy atom. The molecule has 5 heteroatoms. The Morgan fingerprint density at radius 1 is 1.24 bits per heavy atom. The van der Waals surface area contributed by atoms with Gasteiger partial charge in [-0.25, -0.2) is 0 Å². The quantitative estimate of drug-likeness (QED) is 0.513. The van der Waals surface area contributed by atoms with Crippen LogP contribution in [0.1, 0.15) is 34.5 Å². The maximum absolute atomic E-state index is 11.1. The first-order valence-corrected chi connectivity index (χ1v) is 6.58. The van der Waals surface area contributed by atoms with Gasteiger partial charge in [0.2, 0.25) is 0 Å². The van der Waals surface area contributed by atoms with Crippen LogP contribution < -0.4 is 5.32 Å². The third kappa shape index (κ3) is 3.25. The van der Waals surface area contributed by atoms with Crippen LogP contribution in [0, 0.1) is 17.0 Å². The number of carbonyl (C=O) groups excluding carboxylic acids is 1. The lowest BCUT2D eigenvalue weighted by atomic mass is 10.0. The molecule has 2 aromatic carbocycles. The number of hydrogen-bond donors (Lipinski definition) is 1. The highest BCUT2D eigenvalue weighted by molar-refractivity contribution is 5.79. The molecule has 0 aromatic heterocycles. The van der Waals surface area contributed by atoms with Crippen LogP contribution >= 0.6 is 0 Å². The first kappa shape index (κ1) is 14.7. The van der Waals surface area contributed by atoms with E-state index in [4.69, 9.17) is 0 Å². The second-order valence-electron chi connectivity index (χ2n) is 4.87. The van der Waals surface area contributed by atoms with Gasteiger partial charge in [-0.1, -0.05) is 24.3 Å². The molecule has 2 rings (SSSR count). The molecule has 0 saturated heterocycles. The van der Waals surface area contributed by atoms with Gasteiger partial charge in [-0.2, -0.15) is 0 Å². The maximum atomic E-state index is 11.1. The van der Waals surface area contributed by atoms with Gasteiger partial charge < -0.3 is 5.32 Å². The Labute approximate surface area is 122 Å². The fourth-order valence-corrected chi connectivity index (χ4v) is 2.28. The molecule has 1 N–H and O–H groups in total. The van der Waals surface area contributed by atoms with Crippen molar-refractivity contribution in [1.29, 1.82) is 0 Å². The molecule has 0 bridgehead atoms. The Morgan fingerprint density at radius 3 is 2.57 bits per heavy atom. The van der Waals surface area contributed by atoms with E-state index in [-0.39, 0.29) is 17.3 Å². The van der Waals surface area contributed by atoms with Crippen LogP contribution in [-0.4, -0.2) is 11.2 Å². The minimum Gasteiger partial charge on any atom is -0.373 e. The van der Waals surface area contributed by atoms with E-state index in [0.29, 0.717) is 12.0 Å². The third-order valence-corrected chi connectivity index (χ3v) is 3.38. The molecule has 21 heavy (non-hydrogen) atoms. The molecule has 0 fully saturated rings. The summed E-state index contributed by atoms with van der Waals surface area (Å²) in [5.41, 5.74) is 2.79. The second-order valence-corrected chi connectivity index (χ2v) is 4.87. The first-order valence-electron chi connectivity index (χ1n) is 6.58. The standard InChI is InChI=1S/C16H16N2O3/c1-11-5-3-4-6-14(11)12(2)17-15-8-7-13(10-19)9-16(15)18(20)21/h3-10,12,17H,1-2H3. The van der Waals surface area contributed by atoms with Crippen LogP contribution in [0.25, 0.3) is 0 Å². The molecular formula is C16H16N2O3. The van der Waals surface area contributed by atoms with E-state index in [2.05, 4.69) is 5.32 Å². The number of hydrogen-bond acceptors (Lipinski definition) is 4. The van der Waals surface area contributed by atoms with Crippen molar-refractivity contribution in [3.8, 4) is 0 Å². The van der Waals surface area contributed by atoms with Gasteiger partial charge >= 0.3 is 0 Å². The maximum Gasteiger partial charge on any atom is 0.293 e. The van der Waals surface area contributed by atoms with E-state index in [0.717, 1.165) is 11.1 Å². The SMILES string of the molecule is Cc1ccccc1C(C)Nc1ccc(C=O)cc1[N+](=O)[O-]. The number of nitro groups is 1. The summed E-state index contributed by atoms with van der Waals surface area (Å²) in [6, 6.07) is 12.2. The molecule has 108 valence electrons. The third-order valence-electron chi connectivity index (χ3n) is 3.38. The topological polar surface area (TPSA) is 72.2 Å². The largest absolute Gasteiger partial charge is 0.373 e. The Hall–Kier alpha value is -2.69. The average Bonchev–Trinajstić information content (AvgIpc) is 2.47. The van der Waals surface area contributed by atoms with Gasteiger partial charge in [-0.3, -0.25) is 14.9 Å². The number of rotatable bonds is 5. The van der Waals surface area contributed by atoms with Crippen molar-refractivity contribution in [1.82, 2.24) is 0 Å². The molecule has 0 saturated carbocycles. The van der Waals surface area contributed by atoms with Crippen molar-refractivity contribution < 1.29 is 9.72 Å². The zero-order valence-electron chi connectivity index (χ0n) is 11.9. The molecule has 1 atom stereocenters. The van der Waals surface area contributed by atoms with Gasteiger partial charge in [0, 0.05) is 17.7 Å². The molecule has 0 amide bonds. The van der Waals surface area contributed by atoms with E-state index in [1.165, 1.54) is 6.07 Å². The summed E-state index contributed by atoms with van der Waals surface area (Å²) in [6.45, 7) is 3.94. The summed E-state index contributed by atoms with van der Waals surface area (Å²) in [7, 11) is 0. The second kappa shape index (κ2) is 6.17. The highest BCUT2D eigenvalue weighted by atomic mass is 16.6. The molecule has 2 aromatic rings. The summed E-state index contributed by atoms with van der Waals surface area (Å²) in [5.74, 6) is 0. The molecule has 0 heterocycles. The molecule has 5 nitrogen and oxygen atoms in total. The van der Waals surface area contributed by atoms with Crippen LogP contribution in [0.15, 0.2) is 42.5 Å². The highest BCUT2D eigenvalue weighted by Gasteiger charge is 2.17. The van der Waals surface area contributed by atoms with Crippen molar-refractivity contribution in [2.24, 2.45) is 0 Å². The van der Waals surface area contributed by atoms with Crippen molar-refractivity contribution in [3.63, 3.8) is 0 Å². The molecule has 0 aliphatic carbocycles. The zero-order valence-corrected chi connectivity index (χ0v) is 11.9. The fourth-order valence-electron chi connectivity index (χ4n) is 2.28. The van der Waals surface area contributed by atoms with E-state index in [1.54, 1.807) is 12.1 Å². The van der Waals surface area contributed by atoms with Gasteiger partial charge in [-0.15, -0.1) is 0 Å². The van der Waals surface area contributed by atoms with E-state index in [9.17, 15) is 14.9 Å². The minimum atomic E-state index is -0.486. The molecule has 0 aliphatic rings. The van der Waals surface area contributed by atoms with Crippen LogP contribution in [0.3, 0.4) is 0 Å². The Balaban J connectivity index is 2.33. The van der Waals surface area contributed by atoms with Gasteiger partial charge in [0.05, 0.1) is 4.92 Å². The number of nitro benzene ring substituents is 1. The van der Waals surface area contributed by atoms with Crippen molar-refractivity contribution in [2.75, 3.05) is 5.32 Å². The zero-order chi connectivity index (χ0) is 15.4. The van der Waals surface area contributed by atoms with E-state index >= 15 is 0 Å². The summed E-state index contributed by atoms with van der Waals surface area (Å²) >= 11 is 0. The van der Waals surface area contributed by atoms with Crippen LogP contribution in [0.5, 0.6) is 0 Å². The smallest absolute Gasteiger partial charge is 0.293 e. The number of benzene rings is 2. The highest BCUT2D eigenvalue weighted by Crippen LogP contribution is 2.29. The number of anilines is 1. The number of aryl methyl sites for hydroxylation is 1. The van der Waals surface area contributed by atoms with Crippen molar-refractivity contribution in [3.05, 3.63) is 69.3 Å². The molecule has 0 spiro atoms. The number of aldehydes is 1. The van der Waals surface area contributed by atoms with Crippen molar-refractivity contribution >= 4 is 17.7 Å². The average molecular weight is 284 g/mol. The predicted octanol–water partition coefficient (Wildman–Crippen LogP) is 3.89. The number of nitrogens with zero attached hydrogens (tertiary/aromatic N) is 1. The molecule has 0 aliphatic heterocycles. The van der Waals surface area contributed by atoms with Gasteiger partial charge in [-0.05, 0) is 37.1 Å². The first-order chi connectivity index (χ1) is 10.0. The normalized spacial score (nSPS) is 11.7. The van der Waals surface area contributed by atoms with E-state index in [1.807, 2.05) is 38.1 Å². The lowest BCUT2D eigenvalue weighted by Crippen LogP contribution is -2.09. The summed E-state index contributed by atoms with van der Waals surface area (Å²) in [6.07, 6.45) is 0.599. The lowest BCUT2D eigenvalue weighted by Gasteiger charge is -2.17. The van der Waals surface area contributed by atoms with Crippen LogP contribution in [-0.2, 0) is 0 Å². The predicted molar refractivity (Wildman–Crippen MR) is 81.7 cm³/mol. The fraction of sp³-hybridized carbons (Fsp3) is 0.188. The van der Waals surface area contributed by atoms with Crippen LogP contribution in [0.2, 0.25) is 0 Å².